The van der Waals surface area contributed by atoms with Gasteiger partial charge in [0.2, 0.25) is 0 Å². The number of furan rings is 2. The summed E-state index contributed by atoms with van der Waals surface area (Å²) in [5.41, 5.74) is 39.0. The van der Waals surface area contributed by atoms with Crippen molar-refractivity contribution < 1.29 is 8.83 Å². The molecule has 0 aliphatic rings. The third-order valence-corrected chi connectivity index (χ3v) is 28.5. The summed E-state index contributed by atoms with van der Waals surface area (Å²) in [4.78, 5) is 4.81. The summed E-state index contributed by atoms with van der Waals surface area (Å²) in [7, 11) is 0. The van der Waals surface area contributed by atoms with Crippen molar-refractivity contribution in [3.8, 4) is 123 Å². The Morgan fingerprint density at radius 1 is 0.150 bits per heavy atom. The first-order chi connectivity index (χ1) is 69.4. The minimum Gasteiger partial charge on any atom is -0.455 e. The Hall–Kier alpha value is -18.6. The molecule has 0 N–H and O–H groups in total. The van der Waals surface area contributed by atoms with Crippen LogP contribution in [0.4, 0.5) is 34.1 Å². The van der Waals surface area contributed by atoms with Gasteiger partial charge in [0.25, 0.3) is 0 Å². The van der Waals surface area contributed by atoms with Crippen LogP contribution in [0.5, 0.6) is 0 Å². The predicted molar refractivity (Wildman–Crippen MR) is 588 cm³/mol. The van der Waals surface area contributed by atoms with E-state index < -0.39 is 0 Å². The van der Waals surface area contributed by atoms with Gasteiger partial charge >= 0.3 is 0 Å². The summed E-state index contributed by atoms with van der Waals surface area (Å²) in [6, 6.07) is 190. The number of nitrogens with zero attached hydrogens (tertiary/aromatic N) is 4. The predicted octanol–water partition coefficient (Wildman–Crippen LogP) is 37.6. The van der Waals surface area contributed by atoms with E-state index >= 15 is 0 Å². The number of aromatic nitrogens is 2. The molecule has 0 bridgehead atoms. The van der Waals surface area contributed by atoms with Gasteiger partial charge in [-0.3, -0.25) is 0 Å². The van der Waals surface area contributed by atoms with E-state index in [1.807, 2.05) is 6.07 Å². The van der Waals surface area contributed by atoms with Crippen LogP contribution < -0.4 is 9.80 Å². The summed E-state index contributed by atoms with van der Waals surface area (Å²) in [5, 5.41) is 14.0. The first kappa shape index (κ1) is 81.0. The number of benzene rings is 23. The average molecular weight is 1780 g/mol. The molecule has 6 nitrogen and oxygen atoms in total. The van der Waals surface area contributed by atoms with Crippen molar-refractivity contribution in [1.29, 1.82) is 0 Å². The third-order valence-electron chi connectivity index (χ3n) is 28.5. The standard InChI is InChI=1S/C134H86N4O2/c1-2-30-89(31-3-1)105-40-4-5-43-110(105)113-46-10-18-58-126(113)136(102-75-68-88(69-76-102)92-33-25-35-96(81-92)107-42-9-17-57-125(107)138-129-61-21-13-49-116(129)117-50-14-22-62-130(117)138)104-39-27-37-98(83-104)109-53-29-55-121-119-79-72-94(86-132(119)140-134(109)121)93-64-65-99-85-122(111-44-6-7-45-112(111)123(99)84-93)90-70-77-101(78-71-90)135(103-38-26-36-97(82-103)108-52-28-54-120-118-51-15-23-63-131(118)139-133(108)120)100-73-66-87(67-74-100)91-32-24-34-95(80-91)106-41-8-16-56-124(106)137-127-59-19-11-47-114(127)115-48-12-20-60-128(115)137/h1-86H. The van der Waals surface area contributed by atoms with Crippen molar-refractivity contribution in [1.82, 2.24) is 9.13 Å². The minimum atomic E-state index is 0.829. The Balaban J connectivity index is 0.512. The summed E-state index contributed by atoms with van der Waals surface area (Å²) >= 11 is 0. The van der Waals surface area contributed by atoms with Crippen LogP contribution in [0.3, 0.4) is 0 Å². The summed E-state index contributed by atoms with van der Waals surface area (Å²) in [6.07, 6.45) is 0. The highest BCUT2D eigenvalue weighted by atomic mass is 16.3. The van der Waals surface area contributed by atoms with Gasteiger partial charge in [-0.2, -0.15) is 0 Å². The second kappa shape index (κ2) is 33.8. The van der Waals surface area contributed by atoms with Crippen LogP contribution in [0.15, 0.2) is 531 Å². The van der Waals surface area contributed by atoms with Crippen molar-refractivity contribution in [3.63, 3.8) is 0 Å². The highest BCUT2D eigenvalue weighted by Gasteiger charge is 2.26. The molecular weight excluding hydrogens is 1700 g/mol. The first-order valence-corrected chi connectivity index (χ1v) is 48.0. The molecule has 0 amide bonds. The molecule has 140 heavy (non-hydrogen) atoms. The SMILES string of the molecule is c1ccc(-c2ccccc2-c2ccccc2N(c2ccc(-c3cccc(-c4ccccc4-n4c5ccccc5c5ccccc54)c3)cc2)c2cccc(-c3cccc4c3oc3cc(-c5ccc6cc(-c7ccc(N(c8ccc(-c9cccc(-c%10ccccc%10-n%10c%11ccccc%11c%11ccccc%11%10)c9)cc8)c8cccc(-c9cccc%10c9oc9ccccc9%10)c8)cc7)c7ccccc7c6c5)ccc34)c2)cc1. The molecule has 0 saturated carbocycles. The molecular formula is C134H86N4O2. The second-order valence-corrected chi connectivity index (χ2v) is 36.5. The molecule has 23 aromatic carbocycles. The Morgan fingerprint density at radius 2 is 0.500 bits per heavy atom. The lowest BCUT2D eigenvalue weighted by atomic mass is 9.91. The van der Waals surface area contributed by atoms with Gasteiger partial charge in [-0.05, 0) is 251 Å². The third kappa shape index (κ3) is 13.9. The molecule has 0 aliphatic heterocycles. The van der Waals surface area contributed by atoms with Gasteiger partial charge in [0.1, 0.15) is 22.3 Å². The van der Waals surface area contributed by atoms with Gasteiger partial charge in [0, 0.05) is 99.3 Å². The molecule has 27 aromatic rings. The van der Waals surface area contributed by atoms with Crippen molar-refractivity contribution in [2.24, 2.45) is 0 Å². The lowest BCUT2D eigenvalue weighted by Gasteiger charge is -2.29. The van der Waals surface area contributed by atoms with Crippen LogP contribution in [0.1, 0.15) is 0 Å². The average Bonchev–Trinajstić information content (AvgIpc) is 1.54. The smallest absolute Gasteiger partial charge is 0.143 e. The number of hydrogen-bond donors (Lipinski definition) is 0. The minimum absolute atomic E-state index is 0.829. The molecule has 0 spiro atoms. The number of rotatable bonds is 18. The van der Waals surface area contributed by atoms with Crippen LogP contribution in [0.2, 0.25) is 0 Å². The normalized spacial score (nSPS) is 11.7. The zero-order valence-corrected chi connectivity index (χ0v) is 76.3. The highest BCUT2D eigenvalue weighted by molar-refractivity contribution is 6.17. The van der Waals surface area contributed by atoms with Gasteiger partial charge in [0.15, 0.2) is 0 Å². The molecule has 0 saturated heterocycles. The Bertz CT molecular complexity index is 9480. The first-order valence-electron chi connectivity index (χ1n) is 48.0. The summed E-state index contributed by atoms with van der Waals surface area (Å²) in [6.45, 7) is 0. The van der Waals surface area contributed by atoms with Gasteiger partial charge in [-0.1, -0.05) is 376 Å². The number of hydrogen-bond acceptors (Lipinski definition) is 4. The number of fused-ring (bicyclic) bond motifs is 15. The highest BCUT2D eigenvalue weighted by Crippen LogP contribution is 2.51. The van der Waals surface area contributed by atoms with Gasteiger partial charge in [0.05, 0.1) is 39.1 Å². The molecule has 0 unspecified atom stereocenters. The fraction of sp³-hybridized carbons (Fsp3) is 0. The molecule has 4 heterocycles. The Morgan fingerprint density at radius 3 is 1.06 bits per heavy atom. The maximum atomic E-state index is 7.24. The fourth-order valence-corrected chi connectivity index (χ4v) is 22.0. The molecule has 0 aliphatic carbocycles. The number of para-hydroxylation sites is 10. The largest absolute Gasteiger partial charge is 0.455 e. The molecule has 654 valence electrons. The van der Waals surface area contributed by atoms with Gasteiger partial charge < -0.3 is 27.8 Å². The zero-order chi connectivity index (χ0) is 92.2. The molecule has 4 aromatic heterocycles. The van der Waals surface area contributed by atoms with Crippen molar-refractivity contribution >= 4 is 143 Å². The van der Waals surface area contributed by atoms with E-state index in [9.17, 15) is 0 Å². The van der Waals surface area contributed by atoms with Gasteiger partial charge in [-0.25, -0.2) is 0 Å². The van der Waals surface area contributed by atoms with Crippen LogP contribution >= 0.6 is 0 Å². The fourth-order valence-electron chi connectivity index (χ4n) is 22.0. The topological polar surface area (TPSA) is 42.6 Å². The zero-order valence-electron chi connectivity index (χ0n) is 76.3. The molecule has 6 heteroatoms. The van der Waals surface area contributed by atoms with E-state index in [0.717, 1.165) is 195 Å². The van der Waals surface area contributed by atoms with E-state index in [2.05, 4.69) is 535 Å². The van der Waals surface area contributed by atoms with Crippen molar-refractivity contribution in [2.45, 2.75) is 0 Å². The van der Waals surface area contributed by atoms with Crippen molar-refractivity contribution in [3.05, 3.63) is 522 Å². The molecule has 0 fully saturated rings. The number of anilines is 6. The summed E-state index contributed by atoms with van der Waals surface area (Å²) in [5.74, 6) is 0. The van der Waals surface area contributed by atoms with Crippen LogP contribution in [0, 0.1) is 0 Å². The van der Waals surface area contributed by atoms with E-state index in [4.69, 9.17) is 8.83 Å². The van der Waals surface area contributed by atoms with E-state index in [-0.39, 0.29) is 0 Å². The molecule has 27 rings (SSSR count). The van der Waals surface area contributed by atoms with Crippen LogP contribution in [-0.2, 0) is 0 Å². The van der Waals surface area contributed by atoms with E-state index in [1.54, 1.807) is 0 Å². The summed E-state index contributed by atoms with van der Waals surface area (Å²) < 4.78 is 18.8. The quantitative estimate of drug-likeness (QED) is 0.0803. The molecule has 0 radical (unpaired) electrons. The van der Waals surface area contributed by atoms with Gasteiger partial charge in [-0.15, -0.1) is 0 Å². The maximum Gasteiger partial charge on any atom is 0.143 e. The monoisotopic (exact) mass is 1780 g/mol. The lowest BCUT2D eigenvalue weighted by molar-refractivity contribution is 0.669. The van der Waals surface area contributed by atoms with Crippen molar-refractivity contribution in [2.75, 3.05) is 9.80 Å². The van der Waals surface area contributed by atoms with Crippen LogP contribution in [-0.4, -0.2) is 9.13 Å². The van der Waals surface area contributed by atoms with Crippen LogP contribution in [0.25, 0.3) is 232 Å². The maximum absolute atomic E-state index is 7.24. The lowest BCUT2D eigenvalue weighted by Crippen LogP contribution is -2.11. The van der Waals surface area contributed by atoms with E-state index in [0.29, 0.717) is 0 Å². The Labute approximate surface area is 809 Å². The van der Waals surface area contributed by atoms with E-state index in [1.165, 1.54) is 70.9 Å². The second-order valence-electron chi connectivity index (χ2n) is 36.5. The molecule has 0 atom stereocenters. The Kier molecular flexibility index (Phi) is 19.5.